The molecule has 0 aliphatic carbocycles. The largest absolute Gasteiger partial charge is 0.337 e. The van der Waals surface area contributed by atoms with Crippen LogP contribution in [0.2, 0.25) is 5.02 Å². The number of likely N-dealkylation sites (tertiary alicyclic amines) is 1. The van der Waals surface area contributed by atoms with Crippen molar-refractivity contribution in [2.45, 2.75) is 38.6 Å². The fourth-order valence-corrected chi connectivity index (χ4v) is 2.79. The van der Waals surface area contributed by atoms with E-state index in [-0.39, 0.29) is 24.4 Å². The first-order valence-electron chi connectivity index (χ1n) is 7.78. The number of carbonyl (C=O) groups excluding carboxylic acids is 2. The number of hydrogen-bond donors (Lipinski definition) is 0. The molecular weight excluding hydrogens is 300 g/mol. The summed E-state index contributed by atoms with van der Waals surface area (Å²) in [5.41, 5.74) is 1.03. The van der Waals surface area contributed by atoms with Gasteiger partial charge in [-0.3, -0.25) is 9.59 Å². The summed E-state index contributed by atoms with van der Waals surface area (Å²) in [6.45, 7) is 2.84. The van der Waals surface area contributed by atoms with Crippen molar-refractivity contribution in [3.8, 4) is 0 Å². The first-order chi connectivity index (χ1) is 10.5. The number of likely N-dealkylation sites (N-methyl/N-ethyl adjacent to an activating group) is 1. The summed E-state index contributed by atoms with van der Waals surface area (Å²) >= 11 is 5.89. The van der Waals surface area contributed by atoms with E-state index in [1.807, 2.05) is 31.2 Å². The molecule has 0 spiro atoms. The van der Waals surface area contributed by atoms with Crippen LogP contribution in [0.5, 0.6) is 0 Å². The second-order valence-corrected chi connectivity index (χ2v) is 6.29. The number of benzene rings is 1. The zero-order valence-corrected chi connectivity index (χ0v) is 14.0. The van der Waals surface area contributed by atoms with Gasteiger partial charge in [0.25, 0.3) is 0 Å². The number of nitrogens with zero attached hydrogens (tertiary/aromatic N) is 2. The van der Waals surface area contributed by atoms with Gasteiger partial charge in [0, 0.05) is 25.0 Å². The Kier molecular flexibility index (Phi) is 5.83. The van der Waals surface area contributed by atoms with Gasteiger partial charge in [-0.25, -0.2) is 0 Å². The van der Waals surface area contributed by atoms with Crippen LogP contribution >= 0.6 is 11.6 Å². The predicted octanol–water partition coefficient (Wildman–Crippen LogP) is 3.26. The fourth-order valence-electron chi connectivity index (χ4n) is 2.66. The van der Waals surface area contributed by atoms with Gasteiger partial charge in [0.2, 0.25) is 11.8 Å². The monoisotopic (exact) mass is 322 g/mol. The van der Waals surface area contributed by atoms with Crippen molar-refractivity contribution in [2.75, 3.05) is 20.1 Å². The van der Waals surface area contributed by atoms with Crippen LogP contribution in [0.25, 0.3) is 0 Å². The van der Waals surface area contributed by atoms with Crippen LogP contribution in [0.3, 0.4) is 0 Å². The molecular formula is C17H23ClN2O2. The van der Waals surface area contributed by atoms with Crippen molar-refractivity contribution in [2.24, 2.45) is 0 Å². The highest BCUT2D eigenvalue weighted by Gasteiger charge is 2.23. The lowest BCUT2D eigenvalue weighted by Gasteiger charge is -2.28. The lowest BCUT2D eigenvalue weighted by atomic mass is 10.1. The van der Waals surface area contributed by atoms with Gasteiger partial charge in [-0.05, 0) is 37.5 Å². The molecule has 0 saturated carbocycles. The predicted molar refractivity (Wildman–Crippen MR) is 87.7 cm³/mol. The van der Waals surface area contributed by atoms with Crippen LogP contribution < -0.4 is 0 Å². The summed E-state index contributed by atoms with van der Waals surface area (Å²) < 4.78 is 0. The number of rotatable bonds is 4. The van der Waals surface area contributed by atoms with E-state index in [4.69, 9.17) is 11.6 Å². The van der Waals surface area contributed by atoms with Crippen LogP contribution in [0.15, 0.2) is 24.3 Å². The molecule has 0 aromatic heterocycles. The van der Waals surface area contributed by atoms with Gasteiger partial charge in [-0.1, -0.05) is 30.2 Å². The first kappa shape index (κ1) is 16.8. The number of amides is 2. The SMILES string of the molecule is CC(c1ccc(Cl)cc1)N(C)C(=O)CN1CCCCCC1=O. The van der Waals surface area contributed by atoms with Gasteiger partial charge in [-0.15, -0.1) is 0 Å². The molecule has 5 heteroatoms. The molecule has 1 aliphatic rings. The number of hydrogen-bond acceptors (Lipinski definition) is 2. The third-order valence-corrected chi connectivity index (χ3v) is 4.58. The van der Waals surface area contributed by atoms with E-state index in [1.165, 1.54) is 0 Å². The van der Waals surface area contributed by atoms with Crippen molar-refractivity contribution in [1.82, 2.24) is 9.80 Å². The number of carbonyl (C=O) groups is 2. The molecule has 1 atom stereocenters. The zero-order chi connectivity index (χ0) is 16.1. The van der Waals surface area contributed by atoms with Gasteiger partial charge in [0.15, 0.2) is 0 Å². The molecule has 1 aromatic carbocycles. The number of halogens is 1. The van der Waals surface area contributed by atoms with Crippen molar-refractivity contribution in [1.29, 1.82) is 0 Å². The van der Waals surface area contributed by atoms with Crippen LogP contribution in [-0.4, -0.2) is 41.8 Å². The summed E-state index contributed by atoms with van der Waals surface area (Å²) in [7, 11) is 1.78. The fraction of sp³-hybridized carbons (Fsp3) is 0.529. The van der Waals surface area contributed by atoms with Crippen molar-refractivity contribution >= 4 is 23.4 Å². The van der Waals surface area contributed by atoms with Crippen LogP contribution in [0.4, 0.5) is 0 Å². The Bertz CT molecular complexity index is 530. The van der Waals surface area contributed by atoms with E-state index >= 15 is 0 Å². The molecule has 0 radical (unpaired) electrons. The minimum Gasteiger partial charge on any atom is -0.337 e. The quantitative estimate of drug-likeness (QED) is 0.853. The van der Waals surface area contributed by atoms with Crippen LogP contribution in [0.1, 0.15) is 44.2 Å². The maximum Gasteiger partial charge on any atom is 0.242 e. The maximum absolute atomic E-state index is 12.5. The molecule has 1 aromatic rings. The van der Waals surface area contributed by atoms with E-state index in [0.29, 0.717) is 18.0 Å². The molecule has 4 nitrogen and oxygen atoms in total. The van der Waals surface area contributed by atoms with Crippen molar-refractivity contribution < 1.29 is 9.59 Å². The summed E-state index contributed by atoms with van der Waals surface area (Å²) in [5.74, 6) is 0.0658. The summed E-state index contributed by atoms with van der Waals surface area (Å²) in [4.78, 5) is 27.8. The van der Waals surface area contributed by atoms with E-state index in [9.17, 15) is 9.59 Å². The van der Waals surface area contributed by atoms with E-state index in [2.05, 4.69) is 0 Å². The summed E-state index contributed by atoms with van der Waals surface area (Å²) in [6, 6.07) is 7.45. The van der Waals surface area contributed by atoms with Crippen LogP contribution in [0, 0.1) is 0 Å². The Hall–Kier alpha value is -1.55. The summed E-state index contributed by atoms with van der Waals surface area (Å²) in [6.07, 6.45) is 3.53. The standard InChI is InChI=1S/C17H23ClN2O2/c1-13(14-7-9-15(18)10-8-14)19(2)17(22)12-20-11-5-3-4-6-16(20)21/h7-10,13H,3-6,11-12H2,1-2H3. The molecule has 1 saturated heterocycles. The summed E-state index contributed by atoms with van der Waals surface area (Å²) in [5, 5.41) is 0.681. The van der Waals surface area contributed by atoms with Gasteiger partial charge in [-0.2, -0.15) is 0 Å². The molecule has 1 aliphatic heterocycles. The smallest absolute Gasteiger partial charge is 0.242 e. The van der Waals surface area contributed by atoms with Crippen molar-refractivity contribution in [3.05, 3.63) is 34.9 Å². The minimum absolute atomic E-state index is 0.0299. The Morgan fingerprint density at radius 1 is 1.27 bits per heavy atom. The average molecular weight is 323 g/mol. The maximum atomic E-state index is 12.5. The molecule has 2 amide bonds. The average Bonchev–Trinajstić information content (AvgIpc) is 2.71. The molecule has 1 heterocycles. The van der Waals surface area contributed by atoms with Gasteiger partial charge in [0.1, 0.15) is 0 Å². The Labute approximate surface area is 137 Å². The lowest BCUT2D eigenvalue weighted by Crippen LogP contribution is -2.42. The highest BCUT2D eigenvalue weighted by Crippen LogP contribution is 2.21. The van der Waals surface area contributed by atoms with Gasteiger partial charge < -0.3 is 9.80 Å². The molecule has 2 rings (SSSR count). The second-order valence-electron chi connectivity index (χ2n) is 5.86. The first-order valence-corrected chi connectivity index (χ1v) is 8.15. The molecule has 1 unspecified atom stereocenters. The van der Waals surface area contributed by atoms with E-state index in [1.54, 1.807) is 16.8 Å². The third kappa shape index (κ3) is 4.23. The Balaban J connectivity index is 1.98. The molecule has 0 N–H and O–H groups in total. The van der Waals surface area contributed by atoms with Gasteiger partial charge >= 0.3 is 0 Å². The van der Waals surface area contributed by atoms with E-state index in [0.717, 1.165) is 24.8 Å². The zero-order valence-electron chi connectivity index (χ0n) is 13.2. The van der Waals surface area contributed by atoms with Crippen molar-refractivity contribution in [3.63, 3.8) is 0 Å². The molecule has 120 valence electrons. The second kappa shape index (κ2) is 7.63. The van der Waals surface area contributed by atoms with E-state index < -0.39 is 0 Å². The lowest BCUT2D eigenvalue weighted by molar-refractivity contribution is -0.140. The third-order valence-electron chi connectivity index (χ3n) is 4.32. The molecule has 22 heavy (non-hydrogen) atoms. The minimum atomic E-state index is -0.0492. The molecule has 0 bridgehead atoms. The Morgan fingerprint density at radius 2 is 1.95 bits per heavy atom. The highest BCUT2D eigenvalue weighted by atomic mass is 35.5. The van der Waals surface area contributed by atoms with Crippen LogP contribution in [-0.2, 0) is 9.59 Å². The van der Waals surface area contributed by atoms with Gasteiger partial charge in [0.05, 0.1) is 12.6 Å². The highest BCUT2D eigenvalue weighted by molar-refractivity contribution is 6.30. The normalized spacial score (nSPS) is 17.0. The topological polar surface area (TPSA) is 40.6 Å². The molecule has 1 fully saturated rings. The Morgan fingerprint density at radius 3 is 2.64 bits per heavy atom.